The lowest BCUT2D eigenvalue weighted by Crippen LogP contribution is -2.52. The van der Waals surface area contributed by atoms with E-state index in [1.165, 1.54) is 4.31 Å². The standard InChI is InChI=1S/C17H24N4O3S/c1-14-11-20(12-15(2)24-14)25(22,23)19-9-8-16-10-18-21(13-16)17-6-4-3-5-7-17/h3-7,10,13-15,19H,8-9,11-12H2,1-2H3. The summed E-state index contributed by atoms with van der Waals surface area (Å²) in [6.07, 6.45) is 4.08. The van der Waals surface area contributed by atoms with Crippen molar-refractivity contribution in [1.29, 1.82) is 0 Å². The van der Waals surface area contributed by atoms with Crippen molar-refractivity contribution in [2.24, 2.45) is 0 Å². The van der Waals surface area contributed by atoms with Crippen molar-refractivity contribution < 1.29 is 13.2 Å². The number of hydrogen-bond acceptors (Lipinski definition) is 4. The zero-order chi connectivity index (χ0) is 17.9. The van der Waals surface area contributed by atoms with Crippen LogP contribution in [0.25, 0.3) is 5.69 Å². The van der Waals surface area contributed by atoms with Crippen LogP contribution in [0.15, 0.2) is 42.7 Å². The minimum Gasteiger partial charge on any atom is -0.373 e. The summed E-state index contributed by atoms with van der Waals surface area (Å²) in [6, 6.07) is 9.81. The van der Waals surface area contributed by atoms with Crippen molar-refractivity contribution in [3.8, 4) is 5.69 Å². The maximum Gasteiger partial charge on any atom is 0.279 e. The van der Waals surface area contributed by atoms with Gasteiger partial charge in [-0.05, 0) is 38.0 Å². The van der Waals surface area contributed by atoms with Gasteiger partial charge in [0.25, 0.3) is 10.2 Å². The Labute approximate surface area is 148 Å². The van der Waals surface area contributed by atoms with Gasteiger partial charge in [0.1, 0.15) is 0 Å². The predicted molar refractivity (Wildman–Crippen MR) is 95.8 cm³/mol. The van der Waals surface area contributed by atoms with Crippen LogP contribution in [-0.4, -0.2) is 54.3 Å². The average molecular weight is 364 g/mol. The van der Waals surface area contributed by atoms with E-state index in [1.807, 2.05) is 50.4 Å². The molecule has 3 rings (SSSR count). The van der Waals surface area contributed by atoms with Gasteiger partial charge < -0.3 is 4.74 Å². The first-order valence-corrected chi connectivity index (χ1v) is 9.87. The number of para-hydroxylation sites is 1. The molecule has 1 aliphatic rings. The number of rotatable bonds is 6. The molecule has 0 amide bonds. The summed E-state index contributed by atoms with van der Waals surface area (Å²) in [7, 11) is -3.49. The lowest BCUT2D eigenvalue weighted by Gasteiger charge is -2.34. The molecule has 136 valence electrons. The van der Waals surface area contributed by atoms with Crippen LogP contribution in [0.3, 0.4) is 0 Å². The van der Waals surface area contributed by atoms with Crippen LogP contribution in [0.5, 0.6) is 0 Å². The highest BCUT2D eigenvalue weighted by molar-refractivity contribution is 7.87. The lowest BCUT2D eigenvalue weighted by molar-refractivity contribution is -0.0443. The smallest absolute Gasteiger partial charge is 0.279 e. The normalized spacial score (nSPS) is 22.2. The van der Waals surface area contributed by atoms with E-state index in [0.29, 0.717) is 26.1 Å². The third-order valence-electron chi connectivity index (χ3n) is 4.08. The molecule has 1 aromatic carbocycles. The fraction of sp³-hybridized carbons (Fsp3) is 0.471. The van der Waals surface area contributed by atoms with Crippen molar-refractivity contribution in [3.05, 3.63) is 48.3 Å². The van der Waals surface area contributed by atoms with Crippen molar-refractivity contribution in [3.63, 3.8) is 0 Å². The molecule has 0 aliphatic carbocycles. The van der Waals surface area contributed by atoms with Gasteiger partial charge in [0.05, 0.1) is 24.1 Å². The molecule has 2 aromatic rings. The maximum atomic E-state index is 12.4. The van der Waals surface area contributed by atoms with Gasteiger partial charge in [0.15, 0.2) is 0 Å². The molecular formula is C17H24N4O3S. The first-order valence-electron chi connectivity index (χ1n) is 8.43. The molecular weight excluding hydrogens is 340 g/mol. The van der Waals surface area contributed by atoms with Crippen molar-refractivity contribution in [1.82, 2.24) is 18.8 Å². The SMILES string of the molecule is CC1CN(S(=O)(=O)NCCc2cnn(-c3ccccc3)c2)CC(C)O1. The summed E-state index contributed by atoms with van der Waals surface area (Å²) in [6.45, 7) is 4.87. The quantitative estimate of drug-likeness (QED) is 0.840. The van der Waals surface area contributed by atoms with Gasteiger partial charge in [-0.15, -0.1) is 0 Å². The van der Waals surface area contributed by atoms with Crippen LogP contribution >= 0.6 is 0 Å². The second kappa shape index (κ2) is 7.65. The van der Waals surface area contributed by atoms with E-state index >= 15 is 0 Å². The van der Waals surface area contributed by atoms with E-state index in [1.54, 1.807) is 10.9 Å². The van der Waals surface area contributed by atoms with Crippen LogP contribution in [0.2, 0.25) is 0 Å². The Hall–Kier alpha value is -1.74. The minimum absolute atomic E-state index is 0.0931. The van der Waals surface area contributed by atoms with Gasteiger partial charge in [0, 0.05) is 25.8 Å². The molecule has 1 saturated heterocycles. The highest BCUT2D eigenvalue weighted by Crippen LogP contribution is 2.13. The van der Waals surface area contributed by atoms with E-state index in [0.717, 1.165) is 11.3 Å². The topological polar surface area (TPSA) is 76.5 Å². The Kier molecular flexibility index (Phi) is 5.53. The van der Waals surface area contributed by atoms with E-state index in [9.17, 15) is 8.42 Å². The number of nitrogens with zero attached hydrogens (tertiary/aromatic N) is 3. The summed E-state index contributed by atoms with van der Waals surface area (Å²) in [5.74, 6) is 0. The van der Waals surface area contributed by atoms with Crippen molar-refractivity contribution in [2.75, 3.05) is 19.6 Å². The molecule has 25 heavy (non-hydrogen) atoms. The molecule has 1 aliphatic heterocycles. The molecule has 2 heterocycles. The van der Waals surface area contributed by atoms with Gasteiger partial charge in [0.2, 0.25) is 0 Å². The van der Waals surface area contributed by atoms with Crippen LogP contribution in [0.4, 0.5) is 0 Å². The Bertz CT molecular complexity index is 781. The number of hydrogen-bond donors (Lipinski definition) is 1. The van der Waals surface area contributed by atoms with E-state index in [-0.39, 0.29) is 12.2 Å². The zero-order valence-electron chi connectivity index (χ0n) is 14.5. The summed E-state index contributed by atoms with van der Waals surface area (Å²) in [5, 5.41) is 4.32. The lowest BCUT2D eigenvalue weighted by atomic mass is 10.2. The molecule has 7 nitrogen and oxygen atoms in total. The fourth-order valence-electron chi connectivity index (χ4n) is 2.95. The van der Waals surface area contributed by atoms with Gasteiger partial charge in [-0.1, -0.05) is 18.2 Å². The van der Waals surface area contributed by atoms with Crippen LogP contribution in [-0.2, 0) is 21.4 Å². The average Bonchev–Trinajstić information content (AvgIpc) is 3.03. The minimum atomic E-state index is -3.49. The van der Waals surface area contributed by atoms with E-state index in [2.05, 4.69) is 9.82 Å². The Morgan fingerprint density at radius 3 is 2.56 bits per heavy atom. The molecule has 8 heteroatoms. The molecule has 2 atom stereocenters. The number of nitrogens with one attached hydrogen (secondary N) is 1. The molecule has 0 radical (unpaired) electrons. The number of ether oxygens (including phenoxy) is 1. The molecule has 1 aromatic heterocycles. The third-order valence-corrected chi connectivity index (χ3v) is 5.63. The fourth-order valence-corrected chi connectivity index (χ4v) is 4.31. The van der Waals surface area contributed by atoms with Gasteiger partial charge in [-0.2, -0.15) is 17.8 Å². The highest BCUT2D eigenvalue weighted by Gasteiger charge is 2.30. The zero-order valence-corrected chi connectivity index (χ0v) is 15.3. The Balaban J connectivity index is 1.55. The number of benzene rings is 1. The summed E-state index contributed by atoms with van der Waals surface area (Å²) in [5.41, 5.74) is 1.96. The van der Waals surface area contributed by atoms with E-state index in [4.69, 9.17) is 4.74 Å². The summed E-state index contributed by atoms with van der Waals surface area (Å²) >= 11 is 0. The number of aromatic nitrogens is 2. The summed E-state index contributed by atoms with van der Waals surface area (Å²) < 4.78 is 36.4. The largest absolute Gasteiger partial charge is 0.373 e. The molecule has 0 saturated carbocycles. The summed E-state index contributed by atoms with van der Waals surface area (Å²) in [4.78, 5) is 0. The third kappa shape index (κ3) is 4.66. The second-order valence-corrected chi connectivity index (χ2v) is 8.11. The van der Waals surface area contributed by atoms with Crippen molar-refractivity contribution >= 4 is 10.2 Å². The predicted octanol–water partition coefficient (Wildman–Crippen LogP) is 1.36. The molecule has 0 spiro atoms. The van der Waals surface area contributed by atoms with Gasteiger partial charge >= 0.3 is 0 Å². The molecule has 0 bridgehead atoms. The van der Waals surface area contributed by atoms with Crippen molar-refractivity contribution in [2.45, 2.75) is 32.5 Å². The molecule has 2 unspecified atom stereocenters. The molecule has 1 fully saturated rings. The van der Waals surface area contributed by atoms with Gasteiger partial charge in [-0.3, -0.25) is 0 Å². The van der Waals surface area contributed by atoms with Gasteiger partial charge in [-0.25, -0.2) is 9.40 Å². The second-order valence-electron chi connectivity index (χ2n) is 6.35. The maximum absolute atomic E-state index is 12.4. The van der Waals surface area contributed by atoms with Crippen LogP contribution < -0.4 is 4.72 Å². The first kappa shape index (κ1) is 18.1. The first-order chi connectivity index (χ1) is 11.9. The monoisotopic (exact) mass is 364 g/mol. The number of morpholine rings is 1. The van der Waals surface area contributed by atoms with Crippen LogP contribution in [0, 0.1) is 0 Å². The van der Waals surface area contributed by atoms with E-state index < -0.39 is 10.2 Å². The Morgan fingerprint density at radius 2 is 1.88 bits per heavy atom. The highest BCUT2D eigenvalue weighted by atomic mass is 32.2. The van der Waals surface area contributed by atoms with Crippen LogP contribution in [0.1, 0.15) is 19.4 Å². The molecule has 1 N–H and O–H groups in total. The Morgan fingerprint density at radius 1 is 1.20 bits per heavy atom.